The summed E-state index contributed by atoms with van der Waals surface area (Å²) < 4.78 is 5.40. The van der Waals surface area contributed by atoms with Gasteiger partial charge in [0, 0.05) is 59.1 Å². The summed E-state index contributed by atoms with van der Waals surface area (Å²) >= 11 is 0. The van der Waals surface area contributed by atoms with Gasteiger partial charge in [-0.05, 0) is 24.3 Å². The lowest BCUT2D eigenvalue weighted by molar-refractivity contribution is 0.0825. The van der Waals surface area contributed by atoms with Gasteiger partial charge in [-0.25, -0.2) is 0 Å². The zero-order valence-corrected chi connectivity index (χ0v) is 17.0. The van der Waals surface area contributed by atoms with Gasteiger partial charge < -0.3 is 19.9 Å². The number of methoxy groups -OCH3 is 1. The van der Waals surface area contributed by atoms with Gasteiger partial charge in [-0.2, -0.15) is 0 Å². The van der Waals surface area contributed by atoms with Crippen molar-refractivity contribution < 1.29 is 9.53 Å². The number of nitrogens with zero attached hydrogens (tertiary/aromatic N) is 3. The molecule has 1 fully saturated rings. The largest absolute Gasteiger partial charge is 0.496 e. The monoisotopic (exact) mass is 382 g/mol. The van der Waals surface area contributed by atoms with E-state index in [1.54, 1.807) is 26.1 Å². The zero-order valence-electron chi connectivity index (χ0n) is 17.0. The van der Waals surface area contributed by atoms with Crippen LogP contribution in [0, 0.1) is 0 Å². The van der Waals surface area contributed by atoms with Gasteiger partial charge in [0.25, 0.3) is 5.91 Å². The fourth-order valence-electron chi connectivity index (χ4n) is 3.51. The predicted octanol–water partition coefficient (Wildman–Crippen LogP) is 2.63. The number of hydrogen-bond acceptors (Lipinski definition) is 5. The number of anilines is 2. The quantitative estimate of drug-likeness (QED) is 0.798. The second-order valence-electron chi connectivity index (χ2n) is 7.17. The summed E-state index contributed by atoms with van der Waals surface area (Å²) in [6, 6.07) is 16.2. The highest BCUT2D eigenvalue weighted by Crippen LogP contribution is 2.27. The lowest BCUT2D eigenvalue weighted by Crippen LogP contribution is -2.47. The minimum absolute atomic E-state index is 0.0589. The number of benzene rings is 2. The van der Waals surface area contributed by atoms with E-state index in [0.717, 1.165) is 45.0 Å². The highest BCUT2D eigenvalue weighted by molar-refractivity contribution is 6.02. The number of ether oxygens (including phenoxy) is 1. The van der Waals surface area contributed by atoms with E-state index in [2.05, 4.69) is 45.4 Å². The Kier molecular flexibility index (Phi) is 6.76. The van der Waals surface area contributed by atoms with Crippen molar-refractivity contribution in [2.45, 2.75) is 0 Å². The average Bonchev–Trinajstić information content (AvgIpc) is 2.74. The molecule has 1 N–H and O–H groups in total. The van der Waals surface area contributed by atoms with Crippen LogP contribution in [0.3, 0.4) is 0 Å². The summed E-state index contributed by atoms with van der Waals surface area (Å²) in [6.45, 7) is 5.87. The van der Waals surface area contributed by atoms with Crippen LogP contribution in [0.25, 0.3) is 0 Å². The molecule has 1 aliphatic heterocycles. The van der Waals surface area contributed by atoms with E-state index in [9.17, 15) is 4.79 Å². The molecule has 0 aromatic heterocycles. The lowest BCUT2D eigenvalue weighted by atomic mass is 10.1. The highest BCUT2D eigenvalue weighted by atomic mass is 16.5. The Bertz CT molecular complexity index is 771. The molecule has 0 spiro atoms. The third-order valence-electron chi connectivity index (χ3n) is 5.10. The summed E-state index contributed by atoms with van der Waals surface area (Å²) in [4.78, 5) is 19.0. The van der Waals surface area contributed by atoms with Crippen molar-refractivity contribution in [2.24, 2.45) is 0 Å². The van der Waals surface area contributed by atoms with Crippen molar-refractivity contribution in [3.05, 3.63) is 54.1 Å². The summed E-state index contributed by atoms with van der Waals surface area (Å²) in [5.41, 5.74) is 2.70. The molecule has 1 amide bonds. The van der Waals surface area contributed by atoms with E-state index in [1.165, 1.54) is 5.69 Å². The normalized spacial score (nSPS) is 14.6. The van der Waals surface area contributed by atoms with Crippen molar-refractivity contribution in [3.63, 3.8) is 0 Å². The van der Waals surface area contributed by atoms with Gasteiger partial charge in [0.05, 0.1) is 12.8 Å². The summed E-state index contributed by atoms with van der Waals surface area (Å²) in [7, 11) is 5.10. The van der Waals surface area contributed by atoms with E-state index < -0.39 is 0 Å². The molecular weight excluding hydrogens is 352 g/mol. The van der Waals surface area contributed by atoms with Crippen molar-refractivity contribution in [1.29, 1.82) is 0 Å². The van der Waals surface area contributed by atoms with Crippen molar-refractivity contribution in [1.82, 2.24) is 9.80 Å². The fourth-order valence-corrected chi connectivity index (χ4v) is 3.51. The summed E-state index contributed by atoms with van der Waals surface area (Å²) in [5.74, 6) is 0.539. The van der Waals surface area contributed by atoms with Gasteiger partial charge in [-0.1, -0.05) is 24.3 Å². The Morgan fingerprint density at radius 2 is 1.75 bits per heavy atom. The van der Waals surface area contributed by atoms with Crippen LogP contribution in [0.15, 0.2) is 48.5 Å². The number of carbonyl (C=O) groups excluding carboxylic acids is 1. The second kappa shape index (κ2) is 9.46. The van der Waals surface area contributed by atoms with E-state index in [-0.39, 0.29) is 5.91 Å². The van der Waals surface area contributed by atoms with E-state index in [0.29, 0.717) is 11.3 Å². The van der Waals surface area contributed by atoms with E-state index in [1.807, 2.05) is 18.2 Å². The Hall–Kier alpha value is -2.73. The lowest BCUT2D eigenvalue weighted by Gasteiger charge is -2.36. The molecule has 150 valence electrons. The molecule has 2 aromatic carbocycles. The van der Waals surface area contributed by atoms with E-state index >= 15 is 0 Å². The van der Waals surface area contributed by atoms with Crippen LogP contribution in [0.4, 0.5) is 11.4 Å². The fraction of sp³-hybridized carbons (Fsp3) is 0.409. The van der Waals surface area contributed by atoms with Crippen LogP contribution in [0.2, 0.25) is 0 Å². The van der Waals surface area contributed by atoms with Crippen molar-refractivity contribution >= 4 is 17.3 Å². The first-order valence-electron chi connectivity index (χ1n) is 9.75. The van der Waals surface area contributed by atoms with Gasteiger partial charge in [-0.3, -0.25) is 9.69 Å². The summed E-state index contributed by atoms with van der Waals surface area (Å²) in [5, 5.41) is 3.43. The molecule has 0 radical (unpaired) electrons. The first-order valence-corrected chi connectivity index (χ1v) is 9.75. The van der Waals surface area contributed by atoms with Gasteiger partial charge in [-0.15, -0.1) is 0 Å². The molecule has 0 bridgehead atoms. The molecule has 0 unspecified atom stereocenters. The molecule has 28 heavy (non-hydrogen) atoms. The second-order valence-corrected chi connectivity index (χ2v) is 7.17. The van der Waals surface area contributed by atoms with Crippen molar-refractivity contribution in [3.8, 4) is 5.75 Å². The maximum Gasteiger partial charge on any atom is 0.259 e. The first kappa shape index (κ1) is 20.0. The van der Waals surface area contributed by atoms with Gasteiger partial charge in [0.15, 0.2) is 0 Å². The number of amides is 1. The maximum atomic E-state index is 12.6. The Morgan fingerprint density at radius 3 is 2.39 bits per heavy atom. The van der Waals surface area contributed by atoms with Crippen LogP contribution in [-0.4, -0.2) is 76.2 Å². The maximum absolute atomic E-state index is 12.6. The molecule has 1 heterocycles. The molecule has 1 aliphatic rings. The van der Waals surface area contributed by atoms with Crippen LogP contribution in [-0.2, 0) is 0 Å². The number of rotatable bonds is 7. The number of piperazine rings is 1. The Balaban J connectivity index is 1.54. The summed E-state index contributed by atoms with van der Waals surface area (Å²) in [6.07, 6.45) is 0. The van der Waals surface area contributed by atoms with Crippen LogP contribution in [0.1, 0.15) is 10.4 Å². The highest BCUT2D eigenvalue weighted by Gasteiger charge is 2.20. The average molecular weight is 383 g/mol. The van der Waals surface area contributed by atoms with Crippen LogP contribution in [0.5, 0.6) is 5.75 Å². The number of carbonyl (C=O) groups is 1. The third kappa shape index (κ3) is 4.75. The van der Waals surface area contributed by atoms with Crippen LogP contribution < -0.4 is 15.0 Å². The number of nitrogens with one attached hydrogen (secondary N) is 1. The Labute approximate surface area is 167 Å². The Morgan fingerprint density at radius 1 is 1.04 bits per heavy atom. The van der Waals surface area contributed by atoms with Gasteiger partial charge in [0.1, 0.15) is 11.3 Å². The molecular formula is C22H30N4O2. The predicted molar refractivity (Wildman–Crippen MR) is 115 cm³/mol. The molecule has 6 heteroatoms. The van der Waals surface area contributed by atoms with E-state index in [4.69, 9.17) is 4.74 Å². The molecule has 3 rings (SSSR count). The molecule has 6 nitrogen and oxygen atoms in total. The first-order chi connectivity index (χ1) is 13.6. The smallest absolute Gasteiger partial charge is 0.259 e. The van der Waals surface area contributed by atoms with Crippen molar-refractivity contribution in [2.75, 3.05) is 70.7 Å². The number of hydrogen-bond donors (Lipinski definition) is 1. The molecule has 2 aromatic rings. The molecule has 1 saturated heterocycles. The standard InChI is InChI=1S/C22H30N4O2/c1-24(2)22(27)21-19(10-7-11-20(21)28-3)23-12-13-25-14-16-26(17-15-25)18-8-5-4-6-9-18/h4-11,23H,12-17H2,1-3H3. The third-order valence-corrected chi connectivity index (χ3v) is 5.10. The van der Waals surface area contributed by atoms with Gasteiger partial charge in [0.2, 0.25) is 0 Å². The minimum Gasteiger partial charge on any atom is -0.496 e. The van der Waals surface area contributed by atoms with Crippen LogP contribution >= 0.6 is 0 Å². The topological polar surface area (TPSA) is 48.1 Å². The molecule has 0 saturated carbocycles. The minimum atomic E-state index is -0.0589. The molecule has 0 aliphatic carbocycles. The van der Waals surface area contributed by atoms with Gasteiger partial charge >= 0.3 is 0 Å². The zero-order chi connectivity index (χ0) is 19.9. The number of para-hydroxylation sites is 1. The molecule has 0 atom stereocenters. The SMILES string of the molecule is COc1cccc(NCCN2CCN(c3ccccc3)CC2)c1C(=O)N(C)C.